The van der Waals surface area contributed by atoms with E-state index in [1.54, 1.807) is 49.5 Å². The number of likely N-dealkylation sites (tertiary alicyclic amines) is 1. The molecule has 2 amide bonds. The maximum Gasteiger partial charge on any atom is 0.269 e. The summed E-state index contributed by atoms with van der Waals surface area (Å²) in [6, 6.07) is 13.0. The molecule has 180 valence electrons. The molecule has 10 heteroatoms. The molecule has 1 unspecified atom stereocenters. The van der Waals surface area contributed by atoms with Crippen LogP contribution in [0.25, 0.3) is 11.3 Å². The Labute approximate surface area is 203 Å². The first-order valence-corrected chi connectivity index (χ1v) is 11.2. The molecule has 0 aliphatic carbocycles. The van der Waals surface area contributed by atoms with Gasteiger partial charge in [0.2, 0.25) is 0 Å². The Morgan fingerprint density at radius 1 is 1.20 bits per heavy atom. The van der Waals surface area contributed by atoms with Gasteiger partial charge >= 0.3 is 0 Å². The number of aromatic nitrogens is 3. The SMILES string of the molecule is CC#CN1CCCCC1c1nc(-c2ccc(C(=O)Nc3cc(OC)ccn3)cc2)c(C(N)=O)n1N. The molecule has 10 nitrogen and oxygen atoms in total. The summed E-state index contributed by atoms with van der Waals surface area (Å²) in [7, 11) is 1.54. The number of nitrogens with one attached hydrogen (secondary N) is 1. The summed E-state index contributed by atoms with van der Waals surface area (Å²) in [5.74, 6) is 9.70. The smallest absolute Gasteiger partial charge is 0.269 e. The molecule has 35 heavy (non-hydrogen) atoms. The molecular formula is C25H27N7O3. The second kappa shape index (κ2) is 10.2. The lowest BCUT2D eigenvalue weighted by Crippen LogP contribution is -2.33. The van der Waals surface area contributed by atoms with Crippen molar-refractivity contribution >= 4 is 17.6 Å². The van der Waals surface area contributed by atoms with Crippen molar-refractivity contribution in [1.82, 2.24) is 19.5 Å². The predicted octanol–water partition coefficient (Wildman–Crippen LogP) is 2.53. The van der Waals surface area contributed by atoms with Gasteiger partial charge in [-0.25, -0.2) is 14.6 Å². The van der Waals surface area contributed by atoms with Gasteiger partial charge in [0.25, 0.3) is 11.8 Å². The van der Waals surface area contributed by atoms with Crippen LogP contribution in [0.2, 0.25) is 0 Å². The Hall–Kier alpha value is -4.52. The summed E-state index contributed by atoms with van der Waals surface area (Å²) in [6.07, 6.45) is 4.40. The number of rotatable bonds is 6. The highest BCUT2D eigenvalue weighted by Gasteiger charge is 2.30. The lowest BCUT2D eigenvalue weighted by Gasteiger charge is -2.32. The summed E-state index contributed by atoms with van der Waals surface area (Å²) in [6.45, 7) is 2.58. The number of methoxy groups -OCH3 is 1. The van der Waals surface area contributed by atoms with Gasteiger partial charge in [0.15, 0.2) is 11.5 Å². The number of nitrogens with two attached hydrogens (primary N) is 2. The van der Waals surface area contributed by atoms with E-state index in [9.17, 15) is 9.59 Å². The largest absolute Gasteiger partial charge is 0.497 e. The van der Waals surface area contributed by atoms with E-state index in [0.717, 1.165) is 25.8 Å². The van der Waals surface area contributed by atoms with Gasteiger partial charge in [0.05, 0.1) is 13.2 Å². The second-order valence-corrected chi connectivity index (χ2v) is 8.08. The molecule has 3 aromatic rings. The zero-order chi connectivity index (χ0) is 24.9. The monoisotopic (exact) mass is 473 g/mol. The molecule has 0 radical (unpaired) electrons. The van der Waals surface area contributed by atoms with Crippen LogP contribution in [0.3, 0.4) is 0 Å². The zero-order valence-corrected chi connectivity index (χ0v) is 19.6. The molecule has 1 aliphatic heterocycles. The second-order valence-electron chi connectivity index (χ2n) is 8.08. The molecule has 4 rings (SSSR count). The van der Waals surface area contributed by atoms with Gasteiger partial charge in [0.1, 0.15) is 17.3 Å². The number of primary amides is 1. The third kappa shape index (κ3) is 4.89. The zero-order valence-electron chi connectivity index (χ0n) is 19.6. The number of ether oxygens (including phenoxy) is 1. The number of nitrogens with zero attached hydrogens (tertiary/aromatic N) is 4. The number of piperidine rings is 1. The van der Waals surface area contributed by atoms with Crippen LogP contribution in [0.4, 0.5) is 5.82 Å². The van der Waals surface area contributed by atoms with Crippen LogP contribution in [0.15, 0.2) is 42.6 Å². The van der Waals surface area contributed by atoms with Crippen molar-refractivity contribution in [2.45, 2.75) is 32.2 Å². The fraction of sp³-hybridized carbons (Fsp3) is 0.280. The van der Waals surface area contributed by atoms with Crippen molar-refractivity contribution < 1.29 is 14.3 Å². The van der Waals surface area contributed by atoms with Crippen molar-refractivity contribution in [3.63, 3.8) is 0 Å². The highest BCUT2D eigenvalue weighted by Crippen LogP contribution is 2.33. The highest BCUT2D eigenvalue weighted by atomic mass is 16.5. The Kier molecular flexibility index (Phi) is 6.87. The van der Waals surface area contributed by atoms with E-state index in [0.29, 0.717) is 34.2 Å². The minimum absolute atomic E-state index is 0.104. The maximum atomic E-state index is 12.7. The minimum Gasteiger partial charge on any atom is -0.497 e. The summed E-state index contributed by atoms with van der Waals surface area (Å²) in [4.78, 5) is 35.8. The maximum absolute atomic E-state index is 12.7. The first-order chi connectivity index (χ1) is 16.9. The molecule has 0 bridgehead atoms. The number of carbonyl (C=O) groups excluding carboxylic acids is 2. The lowest BCUT2D eigenvalue weighted by molar-refractivity contribution is 0.0990. The number of hydrogen-bond donors (Lipinski definition) is 3. The predicted molar refractivity (Wildman–Crippen MR) is 132 cm³/mol. The molecule has 3 heterocycles. The third-order valence-electron chi connectivity index (χ3n) is 5.86. The van der Waals surface area contributed by atoms with E-state index in [1.165, 1.54) is 11.8 Å². The van der Waals surface area contributed by atoms with Crippen molar-refractivity contribution in [3.05, 3.63) is 59.7 Å². The average Bonchev–Trinajstić information content (AvgIpc) is 3.22. The van der Waals surface area contributed by atoms with Gasteiger partial charge < -0.3 is 26.5 Å². The van der Waals surface area contributed by atoms with Crippen LogP contribution in [-0.4, -0.2) is 45.0 Å². The summed E-state index contributed by atoms with van der Waals surface area (Å²) >= 11 is 0. The van der Waals surface area contributed by atoms with Gasteiger partial charge in [-0.2, -0.15) is 0 Å². The van der Waals surface area contributed by atoms with Gasteiger partial charge in [-0.3, -0.25) is 9.59 Å². The van der Waals surface area contributed by atoms with Gasteiger partial charge in [-0.1, -0.05) is 18.1 Å². The summed E-state index contributed by atoms with van der Waals surface area (Å²) in [5.41, 5.74) is 7.17. The average molecular weight is 474 g/mol. The van der Waals surface area contributed by atoms with E-state index in [2.05, 4.69) is 22.3 Å². The van der Waals surface area contributed by atoms with Crippen LogP contribution >= 0.6 is 0 Å². The molecule has 0 saturated carbocycles. The summed E-state index contributed by atoms with van der Waals surface area (Å²) < 4.78 is 6.43. The fourth-order valence-corrected chi connectivity index (χ4v) is 4.17. The molecule has 2 aromatic heterocycles. The van der Waals surface area contributed by atoms with E-state index < -0.39 is 5.91 Å². The Morgan fingerprint density at radius 3 is 2.66 bits per heavy atom. The molecule has 1 aliphatic rings. The van der Waals surface area contributed by atoms with Gasteiger partial charge in [-0.05, 0) is 44.4 Å². The van der Waals surface area contributed by atoms with Crippen molar-refractivity contribution in [2.75, 3.05) is 24.8 Å². The number of hydrogen-bond acceptors (Lipinski definition) is 7. The quantitative estimate of drug-likeness (QED) is 0.369. The number of benzene rings is 1. The standard InChI is InChI=1S/C25H27N7O3/c1-3-13-31-14-5-4-6-19(31)24-30-21(22(23(26)33)32(24)27)16-7-9-17(10-8-16)25(34)29-20-15-18(35-2)11-12-28-20/h7-12,15,19H,4-6,14,27H2,1-2H3,(H2,26,33)(H,28,29,34). The van der Waals surface area contributed by atoms with Crippen LogP contribution in [-0.2, 0) is 0 Å². The topological polar surface area (TPSA) is 141 Å². The normalized spacial score (nSPS) is 15.1. The van der Waals surface area contributed by atoms with Crippen molar-refractivity contribution in [1.29, 1.82) is 0 Å². The highest BCUT2D eigenvalue weighted by molar-refractivity contribution is 6.04. The van der Waals surface area contributed by atoms with E-state index in [-0.39, 0.29) is 17.6 Å². The first-order valence-electron chi connectivity index (χ1n) is 11.2. The number of imidazole rings is 1. The molecule has 5 N–H and O–H groups in total. The van der Waals surface area contributed by atoms with Crippen LogP contribution in [0.1, 0.15) is 58.9 Å². The van der Waals surface area contributed by atoms with Crippen LogP contribution < -0.4 is 21.6 Å². The Morgan fingerprint density at radius 2 is 1.97 bits per heavy atom. The summed E-state index contributed by atoms with van der Waals surface area (Å²) in [5, 5.41) is 2.73. The first kappa shape index (κ1) is 23.6. The van der Waals surface area contributed by atoms with Crippen molar-refractivity contribution in [3.8, 4) is 29.0 Å². The number of nitrogen functional groups attached to an aromatic ring is 1. The molecule has 1 aromatic carbocycles. The van der Waals surface area contributed by atoms with E-state index in [1.807, 2.05) is 4.90 Å². The fourth-order valence-electron chi connectivity index (χ4n) is 4.17. The number of amides is 2. The number of anilines is 1. The minimum atomic E-state index is -0.684. The Balaban J connectivity index is 1.63. The molecule has 0 spiro atoms. The molecule has 1 fully saturated rings. The van der Waals surface area contributed by atoms with Crippen LogP contribution in [0, 0.1) is 12.0 Å². The molecule has 1 atom stereocenters. The number of pyridine rings is 1. The van der Waals surface area contributed by atoms with Gasteiger partial charge in [-0.15, -0.1) is 0 Å². The Bertz CT molecular complexity index is 1300. The van der Waals surface area contributed by atoms with Crippen molar-refractivity contribution in [2.24, 2.45) is 5.73 Å². The molecule has 1 saturated heterocycles. The lowest BCUT2D eigenvalue weighted by atomic mass is 10.0. The van der Waals surface area contributed by atoms with Crippen LogP contribution in [0.5, 0.6) is 5.75 Å². The number of carbonyl (C=O) groups is 2. The third-order valence-corrected chi connectivity index (χ3v) is 5.86. The van der Waals surface area contributed by atoms with E-state index in [4.69, 9.17) is 21.3 Å². The van der Waals surface area contributed by atoms with Gasteiger partial charge in [0, 0.05) is 36.0 Å². The molecular weight excluding hydrogens is 446 g/mol. The van der Waals surface area contributed by atoms with E-state index >= 15 is 0 Å².